The lowest BCUT2D eigenvalue weighted by Gasteiger charge is -2.48. The molecule has 3 rings (SSSR count). The predicted molar refractivity (Wildman–Crippen MR) is 76.8 cm³/mol. The minimum Gasteiger partial charge on any atom is -0.286 e. The Bertz CT molecular complexity index is 440. The molecule has 2 amide bonds. The molecule has 3 fully saturated rings. The van der Waals surface area contributed by atoms with Gasteiger partial charge in [-0.25, -0.2) is 0 Å². The first-order valence-electron chi connectivity index (χ1n) is 7.96. The third kappa shape index (κ3) is 1.77. The first-order valence-corrected chi connectivity index (χ1v) is 7.96. The quantitative estimate of drug-likeness (QED) is 0.727. The highest BCUT2D eigenvalue weighted by Crippen LogP contribution is 2.60. The molecule has 2 saturated heterocycles. The fourth-order valence-electron chi connectivity index (χ4n) is 4.34. The Morgan fingerprint density at radius 3 is 2.40 bits per heavy atom. The van der Waals surface area contributed by atoms with Crippen LogP contribution in [0.25, 0.3) is 0 Å². The molecule has 4 nitrogen and oxygen atoms in total. The maximum absolute atomic E-state index is 12.9. The molecule has 4 heteroatoms. The van der Waals surface area contributed by atoms with E-state index in [0.717, 1.165) is 25.9 Å². The lowest BCUT2D eigenvalue weighted by atomic mass is 9.62. The fraction of sp³-hybridized carbons (Fsp3) is 0.875. The number of carbonyl (C=O) groups excluding carboxylic acids is 2. The normalized spacial score (nSPS) is 37.5. The van der Waals surface area contributed by atoms with Gasteiger partial charge in [-0.2, -0.15) is 0 Å². The highest BCUT2D eigenvalue weighted by atomic mass is 16.2. The van der Waals surface area contributed by atoms with Gasteiger partial charge in [0.25, 0.3) is 0 Å². The van der Waals surface area contributed by atoms with E-state index in [1.165, 1.54) is 19.3 Å². The summed E-state index contributed by atoms with van der Waals surface area (Å²) < 4.78 is 0. The second-order valence-corrected chi connectivity index (χ2v) is 7.54. The van der Waals surface area contributed by atoms with Gasteiger partial charge in [0.2, 0.25) is 11.8 Å². The van der Waals surface area contributed by atoms with Crippen molar-refractivity contribution >= 4 is 11.8 Å². The van der Waals surface area contributed by atoms with Crippen LogP contribution in [0.2, 0.25) is 0 Å². The SMILES string of the molecule is CC1(C)[C@@H]2CC[C@@]1(C)C(=O)N(CN1CCCCC1)C2=O. The molecule has 2 heterocycles. The first kappa shape index (κ1) is 14.1. The number of piperidine rings is 2. The molecule has 0 spiro atoms. The summed E-state index contributed by atoms with van der Waals surface area (Å²) in [5.74, 6) is 0.155. The molecule has 20 heavy (non-hydrogen) atoms. The molecule has 3 aliphatic rings. The lowest BCUT2D eigenvalue weighted by Crippen LogP contribution is -2.61. The number of nitrogens with zero attached hydrogens (tertiary/aromatic N) is 2. The van der Waals surface area contributed by atoms with Crippen molar-refractivity contribution in [3.8, 4) is 0 Å². The van der Waals surface area contributed by atoms with Crippen molar-refractivity contribution in [2.45, 2.75) is 52.9 Å². The van der Waals surface area contributed by atoms with Crippen LogP contribution in [0, 0.1) is 16.7 Å². The van der Waals surface area contributed by atoms with Gasteiger partial charge in [-0.05, 0) is 44.2 Å². The van der Waals surface area contributed by atoms with Gasteiger partial charge >= 0.3 is 0 Å². The summed E-state index contributed by atoms with van der Waals surface area (Å²) in [6.45, 7) is 8.80. The molecule has 0 aromatic heterocycles. The highest BCUT2D eigenvalue weighted by Gasteiger charge is 2.64. The van der Waals surface area contributed by atoms with Gasteiger partial charge in [-0.3, -0.25) is 19.4 Å². The zero-order valence-corrected chi connectivity index (χ0v) is 12.9. The fourth-order valence-corrected chi connectivity index (χ4v) is 4.34. The molecule has 112 valence electrons. The number of imide groups is 1. The van der Waals surface area contributed by atoms with Gasteiger partial charge in [0, 0.05) is 5.92 Å². The zero-order chi connectivity index (χ0) is 14.5. The van der Waals surface area contributed by atoms with Crippen molar-refractivity contribution in [1.29, 1.82) is 0 Å². The number of fused-ring (bicyclic) bond motifs is 2. The van der Waals surface area contributed by atoms with Crippen LogP contribution in [-0.2, 0) is 9.59 Å². The molecule has 0 N–H and O–H groups in total. The molecule has 1 aliphatic carbocycles. The Morgan fingerprint density at radius 1 is 1.10 bits per heavy atom. The summed E-state index contributed by atoms with van der Waals surface area (Å²) in [6, 6.07) is 0. The van der Waals surface area contributed by atoms with Gasteiger partial charge in [0.15, 0.2) is 0 Å². The summed E-state index contributed by atoms with van der Waals surface area (Å²) in [5.41, 5.74) is -0.555. The van der Waals surface area contributed by atoms with Gasteiger partial charge in [0.05, 0.1) is 12.1 Å². The molecular weight excluding hydrogens is 252 g/mol. The summed E-state index contributed by atoms with van der Waals surface area (Å²) in [4.78, 5) is 29.4. The highest BCUT2D eigenvalue weighted by molar-refractivity contribution is 6.03. The van der Waals surface area contributed by atoms with E-state index in [2.05, 4.69) is 25.7 Å². The van der Waals surface area contributed by atoms with E-state index in [0.29, 0.717) is 6.67 Å². The molecule has 0 unspecified atom stereocenters. The molecule has 0 aromatic carbocycles. The van der Waals surface area contributed by atoms with Crippen molar-refractivity contribution in [3.63, 3.8) is 0 Å². The lowest BCUT2D eigenvalue weighted by molar-refractivity contribution is -0.170. The second kappa shape index (κ2) is 4.55. The molecule has 1 saturated carbocycles. The average Bonchev–Trinajstić information content (AvgIpc) is 2.61. The summed E-state index contributed by atoms with van der Waals surface area (Å²) in [6.07, 6.45) is 5.35. The monoisotopic (exact) mass is 278 g/mol. The maximum atomic E-state index is 12.9. The third-order valence-electron chi connectivity index (χ3n) is 6.30. The van der Waals surface area contributed by atoms with Crippen LogP contribution in [0.15, 0.2) is 0 Å². The van der Waals surface area contributed by atoms with Gasteiger partial charge in [0.1, 0.15) is 0 Å². The van der Waals surface area contributed by atoms with E-state index in [1.54, 1.807) is 4.90 Å². The zero-order valence-electron chi connectivity index (χ0n) is 12.9. The van der Waals surface area contributed by atoms with Crippen molar-refractivity contribution in [2.24, 2.45) is 16.7 Å². The van der Waals surface area contributed by atoms with E-state index in [-0.39, 0.29) is 28.6 Å². The van der Waals surface area contributed by atoms with E-state index >= 15 is 0 Å². The third-order valence-corrected chi connectivity index (χ3v) is 6.30. The molecule has 0 aromatic rings. The summed E-state index contributed by atoms with van der Waals surface area (Å²) >= 11 is 0. The number of carbonyl (C=O) groups is 2. The van der Waals surface area contributed by atoms with Crippen LogP contribution in [0.3, 0.4) is 0 Å². The number of amides is 2. The van der Waals surface area contributed by atoms with Gasteiger partial charge in [-0.15, -0.1) is 0 Å². The molecule has 2 atom stereocenters. The number of rotatable bonds is 2. The minimum absolute atomic E-state index is 0.0231. The second-order valence-electron chi connectivity index (χ2n) is 7.54. The first-order chi connectivity index (χ1) is 9.38. The van der Waals surface area contributed by atoms with Crippen LogP contribution in [0.4, 0.5) is 0 Å². The van der Waals surface area contributed by atoms with Crippen LogP contribution < -0.4 is 0 Å². The van der Waals surface area contributed by atoms with E-state index in [1.807, 2.05) is 0 Å². The number of hydrogen-bond acceptors (Lipinski definition) is 3. The Kier molecular flexibility index (Phi) is 3.20. The van der Waals surface area contributed by atoms with Crippen molar-refractivity contribution in [3.05, 3.63) is 0 Å². The number of hydrogen-bond donors (Lipinski definition) is 0. The van der Waals surface area contributed by atoms with Crippen molar-refractivity contribution < 1.29 is 9.59 Å². The summed E-state index contributed by atoms with van der Waals surface area (Å²) in [5, 5.41) is 0. The van der Waals surface area contributed by atoms with Gasteiger partial charge in [-0.1, -0.05) is 27.2 Å². The predicted octanol–water partition coefficient (Wildman–Crippen LogP) is 2.24. The van der Waals surface area contributed by atoms with Gasteiger partial charge < -0.3 is 0 Å². The molecule has 0 radical (unpaired) electrons. The van der Waals surface area contributed by atoms with Crippen molar-refractivity contribution in [1.82, 2.24) is 9.80 Å². The maximum Gasteiger partial charge on any atom is 0.236 e. The Hall–Kier alpha value is -0.900. The molecule has 2 aliphatic heterocycles. The van der Waals surface area contributed by atoms with Crippen LogP contribution in [-0.4, -0.2) is 41.4 Å². The van der Waals surface area contributed by atoms with Crippen LogP contribution in [0.1, 0.15) is 52.9 Å². The van der Waals surface area contributed by atoms with Crippen LogP contribution >= 0.6 is 0 Å². The largest absolute Gasteiger partial charge is 0.286 e. The number of likely N-dealkylation sites (tertiary alicyclic amines) is 2. The standard InChI is InChI=1S/C16H26N2O2/c1-15(2)12-7-8-16(15,3)14(20)18(13(12)19)11-17-9-5-4-6-10-17/h12H,4-11H2,1-3H3/t12-,16+/m1/s1. The smallest absolute Gasteiger partial charge is 0.236 e. The van der Waals surface area contributed by atoms with Crippen molar-refractivity contribution in [2.75, 3.05) is 19.8 Å². The summed E-state index contributed by atoms with van der Waals surface area (Å²) in [7, 11) is 0. The Labute approximate surface area is 121 Å². The Morgan fingerprint density at radius 2 is 1.75 bits per heavy atom. The minimum atomic E-state index is -0.360. The topological polar surface area (TPSA) is 40.6 Å². The van der Waals surface area contributed by atoms with E-state index < -0.39 is 0 Å². The molecular formula is C16H26N2O2. The van der Waals surface area contributed by atoms with Crippen LogP contribution in [0.5, 0.6) is 0 Å². The Balaban J connectivity index is 1.83. The van der Waals surface area contributed by atoms with E-state index in [4.69, 9.17) is 0 Å². The van der Waals surface area contributed by atoms with E-state index in [9.17, 15) is 9.59 Å². The average molecular weight is 278 g/mol. The molecule has 2 bridgehead atoms.